The molecule has 1 unspecified atom stereocenters. The van der Waals surface area contributed by atoms with Gasteiger partial charge in [0, 0.05) is 19.3 Å². The maximum absolute atomic E-state index is 12.8. The van der Waals surface area contributed by atoms with Gasteiger partial charge in [-0.05, 0) is 51.4 Å². The van der Waals surface area contributed by atoms with E-state index >= 15 is 0 Å². The van der Waals surface area contributed by atoms with Gasteiger partial charge < -0.3 is 14.2 Å². The summed E-state index contributed by atoms with van der Waals surface area (Å²) in [5.41, 5.74) is 0. The zero-order valence-corrected chi connectivity index (χ0v) is 42.4. The second kappa shape index (κ2) is 52.5. The van der Waals surface area contributed by atoms with E-state index in [9.17, 15) is 14.4 Å². The van der Waals surface area contributed by atoms with Crippen molar-refractivity contribution < 1.29 is 28.6 Å². The summed E-state index contributed by atoms with van der Waals surface area (Å²) in [7, 11) is 0. The van der Waals surface area contributed by atoms with Gasteiger partial charge in [0.1, 0.15) is 13.2 Å². The third kappa shape index (κ3) is 50.7. The molecule has 0 saturated heterocycles. The Bertz CT molecular complexity index is 1020. The zero-order chi connectivity index (χ0) is 45.8. The molecular weight excluding hydrogens is 781 g/mol. The summed E-state index contributed by atoms with van der Waals surface area (Å²) in [4.78, 5) is 37.7. The van der Waals surface area contributed by atoms with E-state index in [2.05, 4.69) is 45.1 Å². The predicted molar refractivity (Wildman–Crippen MR) is 270 cm³/mol. The Morgan fingerprint density at radius 1 is 0.317 bits per heavy atom. The highest BCUT2D eigenvalue weighted by Crippen LogP contribution is 2.17. The van der Waals surface area contributed by atoms with Crippen LogP contribution in [-0.4, -0.2) is 37.2 Å². The molecule has 0 aliphatic carbocycles. The average molecular weight is 887 g/mol. The maximum atomic E-state index is 12.8. The fourth-order valence-corrected chi connectivity index (χ4v) is 8.24. The van der Waals surface area contributed by atoms with Gasteiger partial charge in [0.2, 0.25) is 0 Å². The molecule has 63 heavy (non-hydrogen) atoms. The van der Waals surface area contributed by atoms with E-state index in [1.807, 2.05) is 0 Å². The van der Waals surface area contributed by atoms with Crippen LogP contribution in [0.3, 0.4) is 0 Å². The summed E-state index contributed by atoms with van der Waals surface area (Å²) in [5, 5.41) is 0. The first-order valence-corrected chi connectivity index (χ1v) is 27.8. The van der Waals surface area contributed by atoms with Crippen LogP contribution in [0.2, 0.25) is 0 Å². The minimum Gasteiger partial charge on any atom is -0.462 e. The minimum atomic E-state index is -0.768. The lowest BCUT2D eigenvalue weighted by Gasteiger charge is -2.18. The zero-order valence-electron chi connectivity index (χ0n) is 42.4. The van der Waals surface area contributed by atoms with E-state index < -0.39 is 6.10 Å². The Balaban J connectivity index is 4.07. The molecule has 0 aliphatic rings. The molecule has 0 heterocycles. The smallest absolute Gasteiger partial charge is 0.306 e. The van der Waals surface area contributed by atoms with Crippen LogP contribution in [0, 0.1) is 0 Å². The summed E-state index contributed by atoms with van der Waals surface area (Å²) in [6.45, 7) is 6.57. The van der Waals surface area contributed by atoms with Crippen molar-refractivity contribution in [2.75, 3.05) is 13.2 Å². The minimum absolute atomic E-state index is 0.0708. The van der Waals surface area contributed by atoms with E-state index in [1.165, 1.54) is 186 Å². The molecule has 0 aliphatic heterocycles. The molecule has 0 rings (SSSR count). The van der Waals surface area contributed by atoms with Gasteiger partial charge in [-0.25, -0.2) is 0 Å². The van der Waals surface area contributed by atoms with Gasteiger partial charge in [-0.3, -0.25) is 14.4 Å². The van der Waals surface area contributed by atoms with Crippen molar-refractivity contribution >= 4 is 17.9 Å². The van der Waals surface area contributed by atoms with E-state index in [0.717, 1.165) is 77.0 Å². The normalized spacial score (nSPS) is 12.1. The SMILES string of the molecule is CCCCCC/C=C\C/C=C\CCCCCCCCCC(=O)OC(COC(=O)CCCCCCC)COC(=O)CCCCCCCCCCCCCCCCCCCCCCCC. The number of hydrogen-bond donors (Lipinski definition) is 0. The summed E-state index contributed by atoms with van der Waals surface area (Å²) in [6, 6.07) is 0. The first-order chi connectivity index (χ1) is 31.0. The van der Waals surface area contributed by atoms with Crippen molar-refractivity contribution in [1.29, 1.82) is 0 Å². The van der Waals surface area contributed by atoms with E-state index in [4.69, 9.17) is 14.2 Å². The fourth-order valence-electron chi connectivity index (χ4n) is 8.24. The molecule has 6 heteroatoms. The topological polar surface area (TPSA) is 78.9 Å². The summed E-state index contributed by atoms with van der Waals surface area (Å²) in [6.07, 6.45) is 60.7. The number of unbranched alkanes of at least 4 members (excludes halogenated alkanes) is 36. The lowest BCUT2D eigenvalue weighted by molar-refractivity contribution is -0.167. The van der Waals surface area contributed by atoms with Crippen LogP contribution < -0.4 is 0 Å². The molecule has 0 aromatic rings. The first kappa shape index (κ1) is 60.9. The van der Waals surface area contributed by atoms with E-state index in [0.29, 0.717) is 19.3 Å². The second-order valence-electron chi connectivity index (χ2n) is 18.9. The van der Waals surface area contributed by atoms with Crippen molar-refractivity contribution in [3.63, 3.8) is 0 Å². The molecule has 0 aromatic heterocycles. The molecule has 0 N–H and O–H groups in total. The molecule has 0 radical (unpaired) electrons. The van der Waals surface area contributed by atoms with Gasteiger partial charge in [0.05, 0.1) is 0 Å². The molecule has 0 spiro atoms. The van der Waals surface area contributed by atoms with Crippen LogP contribution in [0.5, 0.6) is 0 Å². The van der Waals surface area contributed by atoms with Gasteiger partial charge in [-0.2, -0.15) is 0 Å². The monoisotopic (exact) mass is 887 g/mol. The largest absolute Gasteiger partial charge is 0.462 e. The van der Waals surface area contributed by atoms with Gasteiger partial charge in [-0.1, -0.05) is 257 Å². The number of carbonyl (C=O) groups is 3. The third-order valence-electron chi connectivity index (χ3n) is 12.5. The molecular formula is C57H106O6. The first-order valence-electron chi connectivity index (χ1n) is 27.8. The van der Waals surface area contributed by atoms with Gasteiger partial charge in [0.25, 0.3) is 0 Å². The van der Waals surface area contributed by atoms with Gasteiger partial charge in [0.15, 0.2) is 6.10 Å². The summed E-state index contributed by atoms with van der Waals surface area (Å²) in [5.74, 6) is -0.877. The Morgan fingerprint density at radius 3 is 0.889 bits per heavy atom. The molecule has 1 atom stereocenters. The van der Waals surface area contributed by atoms with Crippen molar-refractivity contribution in [1.82, 2.24) is 0 Å². The second-order valence-corrected chi connectivity index (χ2v) is 18.9. The summed E-state index contributed by atoms with van der Waals surface area (Å²) >= 11 is 0. The number of hydrogen-bond acceptors (Lipinski definition) is 6. The van der Waals surface area contributed by atoms with Crippen molar-refractivity contribution in [2.45, 2.75) is 309 Å². The third-order valence-corrected chi connectivity index (χ3v) is 12.5. The number of allylic oxidation sites excluding steroid dienone is 4. The lowest BCUT2D eigenvalue weighted by Crippen LogP contribution is -2.30. The molecule has 0 fully saturated rings. The highest BCUT2D eigenvalue weighted by Gasteiger charge is 2.19. The van der Waals surface area contributed by atoms with Crippen LogP contribution in [0.1, 0.15) is 303 Å². The molecule has 6 nitrogen and oxygen atoms in total. The molecule has 0 bridgehead atoms. The number of esters is 3. The highest BCUT2D eigenvalue weighted by molar-refractivity contribution is 5.71. The Kier molecular flexibility index (Phi) is 50.8. The Labute approximate surface area is 392 Å². The van der Waals surface area contributed by atoms with Crippen LogP contribution in [0.15, 0.2) is 24.3 Å². The standard InChI is InChI=1S/C57H106O6/c1-4-7-10-13-15-17-19-21-23-25-27-28-29-30-32-33-35-37-39-41-44-47-50-56(59)62-53-54(52-61-55(58)49-46-43-12-9-6-3)63-57(60)51-48-45-42-40-38-36-34-31-26-24-22-20-18-16-14-11-8-5-2/h18,20,24,26,54H,4-17,19,21-23,25,27-53H2,1-3H3/b20-18-,26-24-. The fraction of sp³-hybridized carbons (Fsp3) is 0.877. The molecule has 0 amide bonds. The van der Waals surface area contributed by atoms with Crippen LogP contribution >= 0.6 is 0 Å². The van der Waals surface area contributed by atoms with Crippen LogP contribution in [0.4, 0.5) is 0 Å². The van der Waals surface area contributed by atoms with Gasteiger partial charge >= 0.3 is 17.9 Å². The number of ether oxygens (including phenoxy) is 3. The molecule has 0 aromatic carbocycles. The average Bonchev–Trinajstić information content (AvgIpc) is 3.28. The van der Waals surface area contributed by atoms with Crippen molar-refractivity contribution in [2.24, 2.45) is 0 Å². The quantitative estimate of drug-likeness (QED) is 0.0262. The highest BCUT2D eigenvalue weighted by atomic mass is 16.6. The lowest BCUT2D eigenvalue weighted by atomic mass is 10.0. The Morgan fingerprint density at radius 2 is 0.571 bits per heavy atom. The Hall–Kier alpha value is -2.11. The van der Waals surface area contributed by atoms with Crippen molar-refractivity contribution in [3.8, 4) is 0 Å². The maximum Gasteiger partial charge on any atom is 0.306 e. The molecule has 0 saturated carbocycles. The van der Waals surface area contributed by atoms with Crippen LogP contribution in [0.25, 0.3) is 0 Å². The van der Waals surface area contributed by atoms with E-state index in [1.54, 1.807) is 0 Å². The van der Waals surface area contributed by atoms with Gasteiger partial charge in [-0.15, -0.1) is 0 Å². The summed E-state index contributed by atoms with van der Waals surface area (Å²) < 4.78 is 16.7. The predicted octanol–water partition coefficient (Wildman–Crippen LogP) is 18.3. The van der Waals surface area contributed by atoms with Crippen LogP contribution in [-0.2, 0) is 28.6 Å². The van der Waals surface area contributed by atoms with Crippen molar-refractivity contribution in [3.05, 3.63) is 24.3 Å². The van der Waals surface area contributed by atoms with E-state index in [-0.39, 0.29) is 31.1 Å². The molecule has 370 valence electrons. The number of rotatable bonds is 51. The number of carbonyl (C=O) groups excluding carboxylic acids is 3.